The van der Waals surface area contributed by atoms with Crippen LogP contribution in [0.3, 0.4) is 0 Å². The monoisotopic (exact) mass is 363 g/mol. The Labute approximate surface area is 155 Å². The number of benzene rings is 1. The summed E-state index contributed by atoms with van der Waals surface area (Å²) in [5.74, 6) is 0. The number of carbonyl (C=O) groups excluding carboxylic acids is 2. The molecule has 1 aliphatic rings. The standard InChI is InChI=1S/C19H30N4O3/c1-19(2,3)26-18(25)22-14-16-7-5-15(6-8-16)13-21-17(24)23(4)11-9-20-10-12-23/h5-8,20H,9-14H2,1-4H3,(H-,21,22,24,25)/p+1. The zero-order valence-corrected chi connectivity index (χ0v) is 16.2. The Morgan fingerprint density at radius 3 is 2.04 bits per heavy atom. The van der Waals surface area contributed by atoms with Crippen LogP contribution in [0.25, 0.3) is 0 Å². The van der Waals surface area contributed by atoms with Crippen molar-refractivity contribution in [2.24, 2.45) is 0 Å². The van der Waals surface area contributed by atoms with Gasteiger partial charge in [0.1, 0.15) is 5.60 Å². The number of amides is 3. The fourth-order valence-electron chi connectivity index (χ4n) is 2.72. The number of quaternary nitrogens is 1. The number of rotatable bonds is 4. The van der Waals surface area contributed by atoms with E-state index < -0.39 is 11.7 Å². The van der Waals surface area contributed by atoms with Crippen LogP contribution in [0.1, 0.15) is 31.9 Å². The molecule has 0 aromatic heterocycles. The van der Waals surface area contributed by atoms with Gasteiger partial charge in [0.25, 0.3) is 0 Å². The lowest BCUT2D eigenvalue weighted by molar-refractivity contribution is -0.832. The first-order chi connectivity index (χ1) is 12.2. The van der Waals surface area contributed by atoms with Crippen LogP contribution < -0.4 is 16.0 Å². The number of urea groups is 1. The Morgan fingerprint density at radius 2 is 1.54 bits per heavy atom. The number of carbonyl (C=O) groups is 2. The lowest BCUT2D eigenvalue weighted by atomic mass is 10.1. The van der Waals surface area contributed by atoms with Crippen LogP contribution in [0.15, 0.2) is 24.3 Å². The Bertz CT molecular complexity index is 617. The average molecular weight is 363 g/mol. The van der Waals surface area contributed by atoms with Gasteiger partial charge in [0, 0.05) is 26.2 Å². The Kier molecular flexibility index (Phi) is 6.61. The molecule has 0 unspecified atom stereocenters. The molecule has 0 aliphatic carbocycles. The molecule has 1 saturated heterocycles. The molecule has 26 heavy (non-hydrogen) atoms. The molecule has 7 heteroatoms. The first-order valence-corrected chi connectivity index (χ1v) is 9.06. The third kappa shape index (κ3) is 6.31. The molecule has 1 aromatic carbocycles. The molecule has 1 heterocycles. The maximum absolute atomic E-state index is 12.4. The smallest absolute Gasteiger partial charge is 0.416 e. The van der Waals surface area contributed by atoms with Crippen molar-refractivity contribution in [1.29, 1.82) is 0 Å². The Morgan fingerprint density at radius 1 is 1.04 bits per heavy atom. The predicted octanol–water partition coefficient (Wildman–Crippen LogP) is 1.97. The molecule has 3 N–H and O–H groups in total. The normalized spacial score (nSPS) is 16.6. The predicted molar refractivity (Wildman–Crippen MR) is 101 cm³/mol. The lowest BCUT2D eigenvalue weighted by Gasteiger charge is -2.34. The largest absolute Gasteiger partial charge is 0.444 e. The second kappa shape index (κ2) is 8.51. The van der Waals surface area contributed by atoms with Crippen LogP contribution in [0.5, 0.6) is 0 Å². The zero-order valence-electron chi connectivity index (χ0n) is 16.2. The van der Waals surface area contributed by atoms with Crippen molar-refractivity contribution in [2.45, 2.75) is 39.5 Å². The summed E-state index contributed by atoms with van der Waals surface area (Å²) in [4.78, 5) is 24.1. The highest BCUT2D eigenvalue weighted by atomic mass is 16.6. The SMILES string of the molecule is CC(C)(C)OC(=O)NCc1ccc(CNC(=O)[N+]2(C)CCNCC2)cc1. The number of ether oxygens (including phenoxy) is 1. The van der Waals surface area contributed by atoms with Crippen LogP contribution in [0.4, 0.5) is 9.59 Å². The van der Waals surface area contributed by atoms with Crippen molar-refractivity contribution in [3.8, 4) is 0 Å². The highest BCUT2D eigenvalue weighted by Crippen LogP contribution is 2.09. The molecule has 0 atom stereocenters. The number of nitrogens with one attached hydrogen (secondary N) is 3. The molecular formula is C19H31N4O3+. The van der Waals surface area contributed by atoms with Gasteiger partial charge in [0.2, 0.25) is 0 Å². The van der Waals surface area contributed by atoms with Gasteiger partial charge >= 0.3 is 12.1 Å². The van der Waals surface area contributed by atoms with E-state index in [4.69, 9.17) is 4.74 Å². The van der Waals surface area contributed by atoms with Gasteiger partial charge in [0.15, 0.2) is 0 Å². The Balaban J connectivity index is 1.78. The van der Waals surface area contributed by atoms with E-state index in [0.29, 0.717) is 17.6 Å². The van der Waals surface area contributed by atoms with Crippen LogP contribution in [0.2, 0.25) is 0 Å². The van der Waals surface area contributed by atoms with E-state index in [-0.39, 0.29) is 6.03 Å². The third-order valence-corrected chi connectivity index (χ3v) is 4.36. The van der Waals surface area contributed by atoms with E-state index in [9.17, 15) is 9.59 Å². The molecular weight excluding hydrogens is 332 g/mol. The molecule has 7 nitrogen and oxygen atoms in total. The van der Waals surface area contributed by atoms with Gasteiger partial charge in [-0.15, -0.1) is 0 Å². The van der Waals surface area contributed by atoms with Gasteiger partial charge in [-0.05, 0) is 31.9 Å². The van der Waals surface area contributed by atoms with Crippen LogP contribution >= 0.6 is 0 Å². The van der Waals surface area contributed by atoms with Crippen LogP contribution in [-0.4, -0.2) is 55.4 Å². The minimum atomic E-state index is -0.504. The van der Waals surface area contributed by atoms with Crippen molar-refractivity contribution in [3.05, 3.63) is 35.4 Å². The number of hydrogen-bond acceptors (Lipinski definition) is 4. The topological polar surface area (TPSA) is 79.5 Å². The van der Waals surface area contributed by atoms with Crippen molar-refractivity contribution in [3.63, 3.8) is 0 Å². The molecule has 1 fully saturated rings. The molecule has 0 saturated carbocycles. The van der Waals surface area contributed by atoms with Gasteiger partial charge in [-0.1, -0.05) is 24.3 Å². The van der Waals surface area contributed by atoms with Gasteiger partial charge in [-0.25, -0.2) is 14.1 Å². The molecule has 2 rings (SSSR count). The fraction of sp³-hybridized carbons (Fsp3) is 0.579. The number of alkyl carbamates (subject to hydrolysis) is 1. The molecule has 144 valence electrons. The second-order valence-electron chi connectivity index (χ2n) is 7.92. The highest BCUT2D eigenvalue weighted by molar-refractivity contribution is 5.67. The molecule has 3 amide bonds. The van der Waals surface area contributed by atoms with Crippen molar-refractivity contribution >= 4 is 12.1 Å². The van der Waals surface area contributed by atoms with Gasteiger partial charge in [0.05, 0.1) is 20.1 Å². The van der Waals surface area contributed by atoms with Gasteiger partial charge in [-0.2, -0.15) is 0 Å². The van der Waals surface area contributed by atoms with E-state index in [1.165, 1.54) is 0 Å². The summed E-state index contributed by atoms with van der Waals surface area (Å²) in [6.07, 6.45) is -0.429. The van der Waals surface area contributed by atoms with Crippen molar-refractivity contribution in [2.75, 3.05) is 33.2 Å². The van der Waals surface area contributed by atoms with E-state index >= 15 is 0 Å². The number of nitrogens with zero attached hydrogens (tertiary/aromatic N) is 1. The van der Waals surface area contributed by atoms with E-state index in [0.717, 1.165) is 37.3 Å². The first kappa shape index (κ1) is 20.2. The maximum atomic E-state index is 12.4. The first-order valence-electron chi connectivity index (χ1n) is 9.06. The summed E-state index contributed by atoms with van der Waals surface area (Å²) in [6, 6.07) is 7.87. The van der Waals surface area contributed by atoms with Gasteiger partial charge < -0.3 is 20.7 Å². The molecule has 0 bridgehead atoms. The summed E-state index contributed by atoms with van der Waals surface area (Å²) in [7, 11) is 1.97. The fourth-order valence-corrected chi connectivity index (χ4v) is 2.72. The number of hydrogen-bond donors (Lipinski definition) is 3. The van der Waals surface area contributed by atoms with E-state index in [2.05, 4.69) is 16.0 Å². The summed E-state index contributed by atoms with van der Waals surface area (Å²) in [5.41, 5.74) is 1.50. The average Bonchev–Trinajstić information content (AvgIpc) is 2.58. The quantitative estimate of drug-likeness (QED) is 0.715. The van der Waals surface area contributed by atoms with Gasteiger partial charge in [-0.3, -0.25) is 0 Å². The summed E-state index contributed by atoms with van der Waals surface area (Å²) < 4.78 is 5.63. The zero-order chi connectivity index (χ0) is 19.2. The number of piperazine rings is 1. The molecule has 1 aliphatic heterocycles. The highest BCUT2D eigenvalue weighted by Gasteiger charge is 2.33. The Hall–Kier alpha value is -2.12. The van der Waals surface area contributed by atoms with Crippen LogP contribution in [-0.2, 0) is 17.8 Å². The summed E-state index contributed by atoms with van der Waals surface area (Å²) in [5, 5.41) is 9.03. The van der Waals surface area contributed by atoms with Crippen molar-refractivity contribution in [1.82, 2.24) is 16.0 Å². The third-order valence-electron chi connectivity index (χ3n) is 4.36. The number of likely N-dealkylation sites (N-methyl/N-ethyl adjacent to an activating group) is 1. The minimum Gasteiger partial charge on any atom is -0.444 e. The van der Waals surface area contributed by atoms with E-state index in [1.54, 1.807) is 0 Å². The summed E-state index contributed by atoms with van der Waals surface area (Å²) in [6.45, 7) is 9.74. The molecule has 1 aromatic rings. The van der Waals surface area contributed by atoms with Crippen molar-refractivity contribution < 1.29 is 18.8 Å². The van der Waals surface area contributed by atoms with E-state index in [1.807, 2.05) is 52.1 Å². The summed E-state index contributed by atoms with van der Waals surface area (Å²) >= 11 is 0. The van der Waals surface area contributed by atoms with Crippen LogP contribution in [0, 0.1) is 0 Å². The molecule has 0 radical (unpaired) electrons. The second-order valence-corrected chi connectivity index (χ2v) is 7.92. The maximum Gasteiger partial charge on any atom is 0.416 e. The molecule has 0 spiro atoms. The lowest BCUT2D eigenvalue weighted by Crippen LogP contribution is -2.62. The minimum absolute atomic E-state index is 0.0576.